The minimum Gasteiger partial charge on any atom is -0.462 e. The van der Waals surface area contributed by atoms with Crippen LogP contribution in [0.4, 0.5) is 28.7 Å². The van der Waals surface area contributed by atoms with Crippen molar-refractivity contribution in [3.63, 3.8) is 0 Å². The summed E-state index contributed by atoms with van der Waals surface area (Å²) in [5, 5.41) is 3.11. The van der Waals surface area contributed by atoms with Crippen molar-refractivity contribution in [2.45, 2.75) is 6.92 Å². The highest BCUT2D eigenvalue weighted by Gasteiger charge is 2.10. The van der Waals surface area contributed by atoms with Crippen molar-refractivity contribution in [2.75, 3.05) is 28.5 Å². The van der Waals surface area contributed by atoms with Gasteiger partial charge in [0.2, 0.25) is 0 Å². The Bertz CT molecular complexity index is 900. The molecule has 0 aliphatic heterocycles. The molecule has 2 aromatic carbocycles. The van der Waals surface area contributed by atoms with Crippen LogP contribution in [0.25, 0.3) is 0 Å². The molecule has 0 unspecified atom stereocenters. The third-order valence-corrected chi connectivity index (χ3v) is 3.64. The number of hydrazine groups is 1. The SMILES string of the molecule is CCOC(=O)c1ccc(Nc2ncnc(NNc3ccccc3)c2N)cc1. The van der Waals surface area contributed by atoms with Crippen molar-refractivity contribution in [2.24, 2.45) is 0 Å². The first kappa shape index (κ1) is 18.0. The summed E-state index contributed by atoms with van der Waals surface area (Å²) in [6.07, 6.45) is 1.40. The van der Waals surface area contributed by atoms with E-state index in [9.17, 15) is 4.79 Å². The third kappa shape index (κ3) is 4.63. The quantitative estimate of drug-likeness (QED) is 0.372. The number of benzene rings is 2. The molecule has 0 saturated heterocycles. The molecule has 3 rings (SSSR count). The van der Waals surface area contributed by atoms with Crippen LogP contribution in [0, 0.1) is 0 Å². The number of ether oxygens (including phenoxy) is 1. The van der Waals surface area contributed by atoms with Crippen LogP contribution in [0.2, 0.25) is 0 Å². The van der Waals surface area contributed by atoms with Crippen LogP contribution in [0.1, 0.15) is 17.3 Å². The van der Waals surface area contributed by atoms with Gasteiger partial charge in [0.1, 0.15) is 12.0 Å². The van der Waals surface area contributed by atoms with Gasteiger partial charge in [0.25, 0.3) is 0 Å². The maximum Gasteiger partial charge on any atom is 0.338 e. The second-order valence-electron chi connectivity index (χ2n) is 5.52. The average molecular weight is 364 g/mol. The molecule has 0 aliphatic rings. The van der Waals surface area contributed by atoms with Gasteiger partial charge in [-0.3, -0.25) is 10.9 Å². The number of hydrogen-bond donors (Lipinski definition) is 4. The Morgan fingerprint density at radius 3 is 2.37 bits per heavy atom. The van der Waals surface area contributed by atoms with Gasteiger partial charge in [-0.2, -0.15) is 0 Å². The molecule has 8 heteroatoms. The first-order valence-corrected chi connectivity index (χ1v) is 8.39. The summed E-state index contributed by atoms with van der Waals surface area (Å²) >= 11 is 0. The van der Waals surface area contributed by atoms with Crippen molar-refractivity contribution in [3.05, 3.63) is 66.5 Å². The number of carbonyl (C=O) groups is 1. The van der Waals surface area contributed by atoms with Crippen LogP contribution in [0.5, 0.6) is 0 Å². The normalized spacial score (nSPS) is 10.1. The molecule has 8 nitrogen and oxygen atoms in total. The summed E-state index contributed by atoms with van der Waals surface area (Å²) in [7, 11) is 0. The van der Waals surface area contributed by atoms with Gasteiger partial charge in [-0.1, -0.05) is 18.2 Å². The van der Waals surface area contributed by atoms with E-state index in [-0.39, 0.29) is 5.97 Å². The number of nitrogens with two attached hydrogens (primary N) is 1. The number of para-hydroxylation sites is 1. The molecular weight excluding hydrogens is 344 g/mol. The summed E-state index contributed by atoms with van der Waals surface area (Å²) in [6.45, 7) is 2.10. The van der Waals surface area contributed by atoms with Gasteiger partial charge >= 0.3 is 5.97 Å². The number of rotatable bonds is 7. The topological polar surface area (TPSA) is 114 Å². The van der Waals surface area contributed by atoms with E-state index >= 15 is 0 Å². The molecule has 0 spiro atoms. The lowest BCUT2D eigenvalue weighted by Crippen LogP contribution is -2.13. The molecule has 0 amide bonds. The fourth-order valence-corrected chi connectivity index (χ4v) is 2.29. The Hall–Kier alpha value is -3.81. The van der Waals surface area contributed by atoms with Crippen LogP contribution in [-0.2, 0) is 4.74 Å². The Morgan fingerprint density at radius 1 is 0.963 bits per heavy atom. The lowest BCUT2D eigenvalue weighted by molar-refractivity contribution is 0.0526. The molecule has 0 bridgehead atoms. The average Bonchev–Trinajstić information content (AvgIpc) is 2.70. The number of nitrogens with one attached hydrogen (secondary N) is 3. The van der Waals surface area contributed by atoms with Gasteiger partial charge in [0.15, 0.2) is 11.6 Å². The molecule has 0 atom stereocenters. The zero-order chi connectivity index (χ0) is 19.1. The number of carbonyl (C=O) groups excluding carboxylic acids is 1. The lowest BCUT2D eigenvalue weighted by Gasteiger charge is -2.14. The number of esters is 1. The maximum absolute atomic E-state index is 11.7. The van der Waals surface area contributed by atoms with E-state index in [0.29, 0.717) is 29.5 Å². The molecule has 0 aliphatic carbocycles. The van der Waals surface area contributed by atoms with E-state index < -0.39 is 0 Å². The van der Waals surface area contributed by atoms with E-state index in [1.54, 1.807) is 31.2 Å². The minimum absolute atomic E-state index is 0.336. The zero-order valence-electron chi connectivity index (χ0n) is 14.8. The molecule has 1 heterocycles. The minimum atomic E-state index is -0.357. The summed E-state index contributed by atoms with van der Waals surface area (Å²) in [5.74, 6) is 0.537. The molecule has 0 fully saturated rings. The smallest absolute Gasteiger partial charge is 0.338 e. The second kappa shape index (κ2) is 8.52. The number of aromatic nitrogens is 2. The third-order valence-electron chi connectivity index (χ3n) is 3.64. The Labute approximate surface area is 156 Å². The molecule has 0 radical (unpaired) electrons. The van der Waals surface area contributed by atoms with E-state index in [4.69, 9.17) is 10.5 Å². The van der Waals surface area contributed by atoms with Gasteiger partial charge < -0.3 is 15.8 Å². The zero-order valence-corrected chi connectivity index (χ0v) is 14.8. The highest BCUT2D eigenvalue weighted by atomic mass is 16.5. The van der Waals surface area contributed by atoms with Gasteiger partial charge in [-0.05, 0) is 43.3 Å². The second-order valence-corrected chi connectivity index (χ2v) is 5.52. The van der Waals surface area contributed by atoms with Crippen molar-refractivity contribution in [3.8, 4) is 0 Å². The van der Waals surface area contributed by atoms with Crippen molar-refractivity contribution >= 4 is 34.7 Å². The summed E-state index contributed by atoms with van der Waals surface area (Å²) in [4.78, 5) is 20.0. The first-order chi connectivity index (χ1) is 13.2. The first-order valence-electron chi connectivity index (χ1n) is 8.39. The molecule has 3 aromatic rings. The van der Waals surface area contributed by atoms with Crippen LogP contribution >= 0.6 is 0 Å². The fraction of sp³-hybridized carbons (Fsp3) is 0.105. The predicted octanol–water partition coefficient (Wildman–Crippen LogP) is 3.42. The van der Waals surface area contributed by atoms with Crippen molar-refractivity contribution in [1.29, 1.82) is 0 Å². The Morgan fingerprint density at radius 2 is 1.67 bits per heavy atom. The number of nitrogen functional groups attached to an aromatic ring is 1. The summed E-state index contributed by atoms with van der Waals surface area (Å²) in [6, 6.07) is 16.4. The molecule has 0 saturated carbocycles. The number of hydrogen-bond acceptors (Lipinski definition) is 8. The van der Waals surface area contributed by atoms with Crippen LogP contribution in [0.3, 0.4) is 0 Å². The van der Waals surface area contributed by atoms with Crippen LogP contribution in [-0.4, -0.2) is 22.5 Å². The predicted molar refractivity (Wildman–Crippen MR) is 106 cm³/mol. The van der Waals surface area contributed by atoms with Crippen molar-refractivity contribution in [1.82, 2.24) is 9.97 Å². The molecule has 1 aromatic heterocycles. The molecular formula is C19H20N6O2. The molecule has 27 heavy (non-hydrogen) atoms. The van der Waals surface area contributed by atoms with E-state index in [0.717, 1.165) is 11.4 Å². The maximum atomic E-state index is 11.7. The van der Waals surface area contributed by atoms with Crippen LogP contribution in [0.15, 0.2) is 60.9 Å². The lowest BCUT2D eigenvalue weighted by atomic mass is 10.2. The standard InChI is InChI=1S/C19H20N6O2/c1-2-27-19(26)13-8-10-14(11-9-13)23-17-16(20)18(22-12-21-17)25-24-15-6-4-3-5-7-15/h3-12,24H,2,20H2,1H3,(H2,21,22,23,25). The monoisotopic (exact) mass is 364 g/mol. The van der Waals surface area contributed by atoms with Gasteiger partial charge in [0, 0.05) is 5.69 Å². The number of anilines is 5. The largest absolute Gasteiger partial charge is 0.462 e. The van der Waals surface area contributed by atoms with E-state index in [1.807, 2.05) is 30.3 Å². The van der Waals surface area contributed by atoms with Gasteiger partial charge in [0.05, 0.1) is 17.9 Å². The van der Waals surface area contributed by atoms with E-state index in [1.165, 1.54) is 6.33 Å². The van der Waals surface area contributed by atoms with Crippen LogP contribution < -0.4 is 21.9 Å². The Balaban J connectivity index is 1.69. The molecule has 138 valence electrons. The highest BCUT2D eigenvalue weighted by molar-refractivity contribution is 5.90. The number of nitrogens with zero attached hydrogens (tertiary/aromatic N) is 2. The fourth-order valence-electron chi connectivity index (χ4n) is 2.29. The summed E-state index contributed by atoms with van der Waals surface area (Å²) < 4.78 is 4.97. The summed E-state index contributed by atoms with van der Waals surface area (Å²) in [5.41, 5.74) is 14.6. The van der Waals surface area contributed by atoms with Gasteiger partial charge in [-0.15, -0.1) is 0 Å². The van der Waals surface area contributed by atoms with E-state index in [2.05, 4.69) is 26.1 Å². The van der Waals surface area contributed by atoms with Crippen molar-refractivity contribution < 1.29 is 9.53 Å². The Kier molecular flexibility index (Phi) is 5.68. The highest BCUT2D eigenvalue weighted by Crippen LogP contribution is 2.26. The van der Waals surface area contributed by atoms with Gasteiger partial charge in [-0.25, -0.2) is 14.8 Å². The molecule has 5 N–H and O–H groups in total.